The van der Waals surface area contributed by atoms with Gasteiger partial charge in [-0.1, -0.05) is 13.8 Å². The number of alkyl halides is 3. The van der Waals surface area contributed by atoms with Crippen LogP contribution >= 0.6 is 0 Å². The summed E-state index contributed by atoms with van der Waals surface area (Å²) in [5.41, 5.74) is -0.951. The molecule has 16 heavy (non-hydrogen) atoms. The van der Waals surface area contributed by atoms with Gasteiger partial charge in [0.25, 0.3) is 0 Å². The van der Waals surface area contributed by atoms with Gasteiger partial charge in [0.15, 0.2) is 0 Å². The van der Waals surface area contributed by atoms with E-state index in [1.165, 1.54) is 6.07 Å². The van der Waals surface area contributed by atoms with E-state index in [-0.39, 0.29) is 18.3 Å². The zero-order chi connectivity index (χ0) is 12.3. The molecule has 0 aliphatic heterocycles. The van der Waals surface area contributed by atoms with Gasteiger partial charge in [0, 0.05) is 0 Å². The number of phenols is 1. The zero-order valence-corrected chi connectivity index (χ0v) is 9.01. The lowest BCUT2D eigenvalue weighted by Gasteiger charge is -2.15. The molecule has 1 aromatic carbocycles. The molecule has 1 N–H and O–H groups in total. The van der Waals surface area contributed by atoms with Crippen LogP contribution in [0.1, 0.15) is 19.4 Å². The summed E-state index contributed by atoms with van der Waals surface area (Å²) in [5, 5.41) is 9.02. The van der Waals surface area contributed by atoms with Crippen molar-refractivity contribution in [3.63, 3.8) is 0 Å². The van der Waals surface area contributed by atoms with Crippen molar-refractivity contribution in [1.82, 2.24) is 0 Å². The number of rotatable bonds is 3. The molecule has 0 atom stereocenters. The number of hydrogen-bond donors (Lipinski definition) is 1. The summed E-state index contributed by atoms with van der Waals surface area (Å²) in [6.45, 7) is 3.88. The standard InChI is InChI=1S/C11H13F3O2/c1-7(2)6-16-10-4-3-8(15)5-9(10)11(12,13)14/h3-5,7,15H,6H2,1-2H3. The summed E-state index contributed by atoms with van der Waals surface area (Å²) in [4.78, 5) is 0. The molecule has 0 heterocycles. The van der Waals surface area contributed by atoms with Crippen LogP contribution in [0, 0.1) is 5.92 Å². The maximum absolute atomic E-state index is 12.6. The van der Waals surface area contributed by atoms with Crippen LogP contribution in [0.4, 0.5) is 13.2 Å². The predicted octanol–water partition coefficient (Wildman–Crippen LogP) is 3.45. The van der Waals surface area contributed by atoms with Gasteiger partial charge in [0.1, 0.15) is 17.1 Å². The quantitative estimate of drug-likeness (QED) is 0.868. The van der Waals surface area contributed by atoms with E-state index in [4.69, 9.17) is 9.84 Å². The molecular weight excluding hydrogens is 221 g/mol. The predicted molar refractivity (Wildman–Crippen MR) is 53.4 cm³/mol. The molecule has 1 aromatic rings. The highest BCUT2D eigenvalue weighted by Gasteiger charge is 2.34. The third kappa shape index (κ3) is 3.32. The largest absolute Gasteiger partial charge is 0.508 e. The van der Waals surface area contributed by atoms with Crippen molar-refractivity contribution in [2.45, 2.75) is 20.0 Å². The molecule has 0 radical (unpaired) electrons. The summed E-state index contributed by atoms with van der Waals surface area (Å²) < 4.78 is 42.7. The first-order valence-corrected chi connectivity index (χ1v) is 4.83. The molecule has 0 amide bonds. The zero-order valence-electron chi connectivity index (χ0n) is 9.01. The van der Waals surface area contributed by atoms with Crippen LogP contribution in [-0.4, -0.2) is 11.7 Å². The molecule has 0 fully saturated rings. The normalized spacial score (nSPS) is 11.9. The highest BCUT2D eigenvalue weighted by Crippen LogP contribution is 2.38. The van der Waals surface area contributed by atoms with Gasteiger partial charge in [-0.3, -0.25) is 0 Å². The maximum Gasteiger partial charge on any atom is 0.420 e. The van der Waals surface area contributed by atoms with Crippen LogP contribution < -0.4 is 4.74 Å². The van der Waals surface area contributed by atoms with Crippen molar-refractivity contribution in [2.24, 2.45) is 5.92 Å². The second-order valence-electron chi connectivity index (χ2n) is 3.88. The first-order chi connectivity index (χ1) is 7.30. The Morgan fingerprint density at radius 1 is 1.31 bits per heavy atom. The molecule has 0 saturated carbocycles. The van der Waals surface area contributed by atoms with Crippen molar-refractivity contribution in [1.29, 1.82) is 0 Å². The molecule has 0 aromatic heterocycles. The number of phenolic OH excluding ortho intramolecular Hbond substituents is 1. The molecule has 90 valence electrons. The lowest BCUT2D eigenvalue weighted by atomic mass is 10.1. The van der Waals surface area contributed by atoms with Gasteiger partial charge in [0.2, 0.25) is 0 Å². The smallest absolute Gasteiger partial charge is 0.420 e. The fourth-order valence-electron chi connectivity index (χ4n) is 1.12. The highest BCUT2D eigenvalue weighted by molar-refractivity contribution is 5.41. The van der Waals surface area contributed by atoms with E-state index >= 15 is 0 Å². The van der Waals surface area contributed by atoms with Gasteiger partial charge >= 0.3 is 6.18 Å². The van der Waals surface area contributed by atoms with Crippen molar-refractivity contribution in [2.75, 3.05) is 6.61 Å². The van der Waals surface area contributed by atoms with Gasteiger partial charge in [0.05, 0.1) is 6.61 Å². The fraction of sp³-hybridized carbons (Fsp3) is 0.455. The Morgan fingerprint density at radius 3 is 2.44 bits per heavy atom. The summed E-state index contributed by atoms with van der Waals surface area (Å²) in [6.07, 6.45) is -4.52. The molecular formula is C11H13F3O2. The molecule has 0 aliphatic carbocycles. The van der Waals surface area contributed by atoms with E-state index in [0.717, 1.165) is 6.07 Å². The fourth-order valence-corrected chi connectivity index (χ4v) is 1.12. The van der Waals surface area contributed by atoms with E-state index in [1.54, 1.807) is 0 Å². The average molecular weight is 234 g/mol. The Bertz CT molecular complexity index is 359. The second-order valence-corrected chi connectivity index (χ2v) is 3.88. The highest BCUT2D eigenvalue weighted by atomic mass is 19.4. The van der Waals surface area contributed by atoms with Crippen LogP contribution in [0.2, 0.25) is 0 Å². The maximum atomic E-state index is 12.6. The van der Waals surface area contributed by atoms with Crippen LogP contribution in [-0.2, 0) is 6.18 Å². The van der Waals surface area contributed by atoms with Crippen LogP contribution in [0.25, 0.3) is 0 Å². The Morgan fingerprint density at radius 2 is 1.94 bits per heavy atom. The van der Waals surface area contributed by atoms with Crippen LogP contribution in [0.5, 0.6) is 11.5 Å². The van der Waals surface area contributed by atoms with Gasteiger partial charge in [-0.05, 0) is 24.1 Å². The second kappa shape index (κ2) is 4.63. The minimum Gasteiger partial charge on any atom is -0.508 e. The third-order valence-corrected chi connectivity index (χ3v) is 1.84. The lowest BCUT2D eigenvalue weighted by Crippen LogP contribution is -2.11. The molecule has 0 bridgehead atoms. The molecule has 0 saturated heterocycles. The lowest BCUT2D eigenvalue weighted by molar-refractivity contribution is -0.139. The van der Waals surface area contributed by atoms with E-state index < -0.39 is 17.5 Å². The monoisotopic (exact) mass is 234 g/mol. The van der Waals surface area contributed by atoms with Crippen molar-refractivity contribution < 1.29 is 23.0 Å². The van der Waals surface area contributed by atoms with Gasteiger partial charge < -0.3 is 9.84 Å². The van der Waals surface area contributed by atoms with E-state index in [1.807, 2.05) is 13.8 Å². The average Bonchev–Trinajstić information content (AvgIpc) is 2.14. The Hall–Kier alpha value is -1.39. The molecule has 0 spiro atoms. The van der Waals surface area contributed by atoms with Crippen molar-refractivity contribution in [3.05, 3.63) is 23.8 Å². The summed E-state index contributed by atoms with van der Waals surface area (Å²) in [5.74, 6) is -0.543. The summed E-state index contributed by atoms with van der Waals surface area (Å²) in [6, 6.07) is 2.96. The number of aromatic hydroxyl groups is 1. The van der Waals surface area contributed by atoms with Crippen LogP contribution in [0.3, 0.4) is 0 Å². The molecule has 2 nitrogen and oxygen atoms in total. The molecule has 0 aliphatic rings. The number of ether oxygens (including phenoxy) is 1. The van der Waals surface area contributed by atoms with E-state index in [0.29, 0.717) is 6.07 Å². The van der Waals surface area contributed by atoms with E-state index in [2.05, 4.69) is 0 Å². The Kier molecular flexibility index (Phi) is 3.67. The number of hydrogen-bond acceptors (Lipinski definition) is 2. The molecule has 0 unspecified atom stereocenters. The SMILES string of the molecule is CC(C)COc1ccc(O)cc1C(F)(F)F. The van der Waals surface area contributed by atoms with Crippen LogP contribution in [0.15, 0.2) is 18.2 Å². The summed E-state index contributed by atoms with van der Waals surface area (Å²) in [7, 11) is 0. The molecule has 5 heteroatoms. The van der Waals surface area contributed by atoms with Gasteiger partial charge in [-0.2, -0.15) is 13.2 Å². The topological polar surface area (TPSA) is 29.5 Å². The minimum absolute atomic E-state index is 0.134. The third-order valence-electron chi connectivity index (χ3n) is 1.84. The first-order valence-electron chi connectivity index (χ1n) is 4.83. The summed E-state index contributed by atoms with van der Waals surface area (Å²) >= 11 is 0. The number of halogens is 3. The molecule has 1 rings (SSSR count). The van der Waals surface area contributed by atoms with Gasteiger partial charge in [-0.15, -0.1) is 0 Å². The number of benzene rings is 1. The van der Waals surface area contributed by atoms with Crippen molar-refractivity contribution >= 4 is 0 Å². The van der Waals surface area contributed by atoms with E-state index in [9.17, 15) is 13.2 Å². The minimum atomic E-state index is -4.52. The van der Waals surface area contributed by atoms with Crippen molar-refractivity contribution in [3.8, 4) is 11.5 Å². The Labute approximate surface area is 91.7 Å². The Balaban J connectivity index is 2.99. The van der Waals surface area contributed by atoms with Gasteiger partial charge in [-0.25, -0.2) is 0 Å². The first kappa shape index (κ1) is 12.7.